The molecule has 0 aliphatic carbocycles. The average molecular weight is 406 g/mol. The lowest BCUT2D eigenvalue weighted by Gasteiger charge is -2.33. The molecule has 0 bridgehead atoms. The first-order chi connectivity index (χ1) is 13.2. The molecule has 2 aromatic heterocycles. The number of nitrogens with one attached hydrogen (secondary N) is 2. The first-order valence-corrected chi connectivity index (χ1v) is 11.7. The van der Waals surface area contributed by atoms with E-state index >= 15 is 0 Å². The van der Waals surface area contributed by atoms with Gasteiger partial charge in [0.1, 0.15) is 0 Å². The van der Waals surface area contributed by atoms with Crippen LogP contribution in [0.5, 0.6) is 0 Å². The van der Waals surface area contributed by atoms with Crippen LogP contribution in [0.2, 0.25) is 0 Å². The number of rotatable bonds is 7. The van der Waals surface area contributed by atoms with Crippen molar-refractivity contribution in [3.8, 4) is 0 Å². The second kappa shape index (κ2) is 10.1. The molecule has 5 nitrogen and oxygen atoms in total. The summed E-state index contributed by atoms with van der Waals surface area (Å²) >= 11 is 3.64. The highest BCUT2D eigenvalue weighted by atomic mass is 32.1. The van der Waals surface area contributed by atoms with Crippen LogP contribution in [-0.2, 0) is 12.8 Å². The lowest BCUT2D eigenvalue weighted by Crippen LogP contribution is -2.48. The number of hydrogen-bond acceptors (Lipinski definition) is 5. The highest BCUT2D eigenvalue weighted by Crippen LogP contribution is 2.24. The molecule has 1 aliphatic heterocycles. The summed E-state index contributed by atoms with van der Waals surface area (Å²) < 4.78 is 0. The molecule has 0 aromatic carbocycles. The molecule has 0 unspecified atom stereocenters. The molecular formula is C20H31N5S2. The van der Waals surface area contributed by atoms with Crippen molar-refractivity contribution in [2.45, 2.75) is 52.5 Å². The average Bonchev–Trinajstić information content (AvgIpc) is 3.32. The minimum atomic E-state index is 0.493. The number of thiophene rings is 1. The smallest absolute Gasteiger partial charge is 0.191 e. The Morgan fingerprint density at radius 3 is 2.78 bits per heavy atom. The second-order valence-electron chi connectivity index (χ2n) is 6.83. The van der Waals surface area contributed by atoms with Gasteiger partial charge in [-0.05, 0) is 50.6 Å². The monoisotopic (exact) mass is 405 g/mol. The third-order valence-corrected chi connectivity index (χ3v) is 6.87. The fourth-order valence-electron chi connectivity index (χ4n) is 3.39. The van der Waals surface area contributed by atoms with Gasteiger partial charge in [-0.2, -0.15) is 0 Å². The zero-order valence-electron chi connectivity index (χ0n) is 16.6. The van der Waals surface area contributed by atoms with Crippen LogP contribution in [0, 0.1) is 6.92 Å². The van der Waals surface area contributed by atoms with Gasteiger partial charge in [0, 0.05) is 43.5 Å². The van der Waals surface area contributed by atoms with Crippen LogP contribution < -0.4 is 15.5 Å². The van der Waals surface area contributed by atoms with Crippen molar-refractivity contribution in [3.63, 3.8) is 0 Å². The number of aryl methyl sites for hydroxylation is 2. The maximum atomic E-state index is 4.79. The molecule has 1 saturated heterocycles. The zero-order valence-corrected chi connectivity index (χ0v) is 18.3. The van der Waals surface area contributed by atoms with Crippen LogP contribution in [0.15, 0.2) is 22.5 Å². The van der Waals surface area contributed by atoms with E-state index in [4.69, 9.17) is 9.98 Å². The topological polar surface area (TPSA) is 52.6 Å². The van der Waals surface area contributed by atoms with Crippen LogP contribution >= 0.6 is 22.7 Å². The Balaban J connectivity index is 1.48. The molecule has 0 amide bonds. The quantitative estimate of drug-likeness (QED) is 0.543. The maximum Gasteiger partial charge on any atom is 0.191 e. The van der Waals surface area contributed by atoms with E-state index in [0.717, 1.165) is 57.8 Å². The number of hydrogen-bond donors (Lipinski definition) is 2. The van der Waals surface area contributed by atoms with E-state index in [-0.39, 0.29) is 0 Å². The first-order valence-electron chi connectivity index (χ1n) is 9.98. The fourth-order valence-corrected chi connectivity index (χ4v) is 5.19. The molecule has 148 valence electrons. The Kier molecular flexibility index (Phi) is 7.52. The van der Waals surface area contributed by atoms with Crippen molar-refractivity contribution in [2.75, 3.05) is 31.1 Å². The van der Waals surface area contributed by atoms with Gasteiger partial charge in [0.15, 0.2) is 5.96 Å². The van der Waals surface area contributed by atoms with Crippen molar-refractivity contribution < 1.29 is 0 Å². The van der Waals surface area contributed by atoms with E-state index < -0.39 is 0 Å². The molecule has 3 rings (SSSR count). The lowest BCUT2D eigenvalue weighted by atomic mass is 10.1. The van der Waals surface area contributed by atoms with E-state index in [9.17, 15) is 0 Å². The third kappa shape index (κ3) is 5.69. The number of nitrogens with zero attached hydrogens (tertiary/aromatic N) is 3. The molecule has 0 atom stereocenters. The predicted octanol–water partition coefficient (Wildman–Crippen LogP) is 3.84. The van der Waals surface area contributed by atoms with Gasteiger partial charge < -0.3 is 15.5 Å². The van der Waals surface area contributed by atoms with E-state index in [0.29, 0.717) is 6.04 Å². The van der Waals surface area contributed by atoms with E-state index in [1.165, 1.54) is 20.6 Å². The summed E-state index contributed by atoms with van der Waals surface area (Å²) in [7, 11) is 0. The molecular weight excluding hydrogens is 374 g/mol. The van der Waals surface area contributed by atoms with Gasteiger partial charge in [-0.1, -0.05) is 6.92 Å². The molecule has 1 aliphatic rings. The zero-order chi connectivity index (χ0) is 19.1. The van der Waals surface area contributed by atoms with E-state index in [2.05, 4.69) is 53.8 Å². The van der Waals surface area contributed by atoms with Gasteiger partial charge in [0.25, 0.3) is 0 Å². The van der Waals surface area contributed by atoms with E-state index in [1.54, 1.807) is 0 Å². The molecule has 0 radical (unpaired) electrons. The molecule has 7 heteroatoms. The highest BCUT2D eigenvalue weighted by Gasteiger charge is 2.20. The molecule has 3 heterocycles. The molecule has 27 heavy (non-hydrogen) atoms. The lowest BCUT2D eigenvalue weighted by molar-refractivity contribution is 0.463. The number of guanidine groups is 1. The second-order valence-corrected chi connectivity index (χ2v) is 9.05. The summed E-state index contributed by atoms with van der Waals surface area (Å²) in [6, 6.07) is 4.84. The summed E-state index contributed by atoms with van der Waals surface area (Å²) in [6.45, 7) is 10.3. The van der Waals surface area contributed by atoms with Gasteiger partial charge >= 0.3 is 0 Å². The molecule has 1 fully saturated rings. The van der Waals surface area contributed by atoms with Gasteiger partial charge in [0.05, 0.1) is 15.7 Å². The van der Waals surface area contributed by atoms with Crippen LogP contribution in [0.4, 0.5) is 5.00 Å². The summed E-state index contributed by atoms with van der Waals surface area (Å²) in [5.41, 5.74) is 1.24. The number of aromatic nitrogens is 1. The Hall–Kier alpha value is -1.60. The molecule has 0 spiro atoms. The van der Waals surface area contributed by atoms with Crippen molar-refractivity contribution in [3.05, 3.63) is 33.1 Å². The Bertz CT molecular complexity index is 715. The van der Waals surface area contributed by atoms with Gasteiger partial charge in [-0.3, -0.25) is 4.99 Å². The minimum Gasteiger partial charge on any atom is -0.363 e. The number of anilines is 1. The Labute approximate surface area is 170 Å². The van der Waals surface area contributed by atoms with Crippen molar-refractivity contribution >= 4 is 33.6 Å². The fraction of sp³-hybridized carbons (Fsp3) is 0.600. The van der Waals surface area contributed by atoms with Crippen molar-refractivity contribution in [1.82, 2.24) is 15.6 Å². The highest BCUT2D eigenvalue weighted by molar-refractivity contribution is 7.14. The summed E-state index contributed by atoms with van der Waals surface area (Å²) in [4.78, 5) is 13.3. The predicted molar refractivity (Wildman–Crippen MR) is 119 cm³/mol. The normalized spacial score (nSPS) is 16.0. The first kappa shape index (κ1) is 20.1. The van der Waals surface area contributed by atoms with Crippen LogP contribution in [0.25, 0.3) is 0 Å². The standard InChI is InChI=1S/C20H31N5S2/c1-4-17-15(3)27-18(24-17)8-11-22-20(21-5-2)23-16-9-12-25(13-10-16)19-7-6-14-26-19/h6-7,14,16H,4-5,8-13H2,1-3H3,(H2,21,22,23). The Morgan fingerprint density at radius 2 is 2.15 bits per heavy atom. The SMILES string of the molecule is CCNC(=NCCc1nc(CC)c(C)s1)NC1CCN(c2cccs2)CC1. The number of aliphatic imine (C=N–C) groups is 1. The largest absolute Gasteiger partial charge is 0.363 e. The van der Waals surface area contributed by atoms with Crippen LogP contribution in [0.1, 0.15) is 42.3 Å². The minimum absolute atomic E-state index is 0.493. The third-order valence-electron chi connectivity index (χ3n) is 4.87. The molecule has 0 saturated carbocycles. The van der Waals surface area contributed by atoms with E-state index in [1.807, 2.05) is 22.7 Å². The summed E-state index contributed by atoms with van der Waals surface area (Å²) in [5, 5.41) is 11.8. The van der Waals surface area contributed by atoms with Gasteiger partial charge in [-0.25, -0.2) is 4.98 Å². The number of thiazole rings is 1. The van der Waals surface area contributed by atoms with Crippen LogP contribution in [0.3, 0.4) is 0 Å². The van der Waals surface area contributed by atoms with Gasteiger partial charge in [0.2, 0.25) is 0 Å². The summed E-state index contributed by atoms with van der Waals surface area (Å²) in [6.07, 6.45) is 4.22. The maximum absolute atomic E-state index is 4.79. The van der Waals surface area contributed by atoms with Crippen molar-refractivity contribution in [1.29, 1.82) is 0 Å². The van der Waals surface area contributed by atoms with Gasteiger partial charge in [-0.15, -0.1) is 22.7 Å². The summed E-state index contributed by atoms with van der Waals surface area (Å²) in [5.74, 6) is 0.941. The number of piperidine rings is 1. The molecule has 2 N–H and O–H groups in total. The molecule has 2 aromatic rings. The van der Waals surface area contributed by atoms with Crippen LogP contribution in [-0.4, -0.2) is 43.2 Å². The van der Waals surface area contributed by atoms with Crippen molar-refractivity contribution in [2.24, 2.45) is 4.99 Å². The Morgan fingerprint density at radius 1 is 1.33 bits per heavy atom.